The van der Waals surface area contributed by atoms with Crippen molar-refractivity contribution in [1.29, 1.82) is 0 Å². The first-order valence-electron chi connectivity index (χ1n) is 9.49. The van der Waals surface area contributed by atoms with Gasteiger partial charge in [-0.05, 0) is 37.5 Å². The second kappa shape index (κ2) is 6.51. The van der Waals surface area contributed by atoms with Crippen LogP contribution in [0, 0.1) is 0 Å². The first-order chi connectivity index (χ1) is 13.5. The number of carbonyl (C=O) groups is 1. The van der Waals surface area contributed by atoms with E-state index < -0.39 is 9.84 Å². The predicted molar refractivity (Wildman–Crippen MR) is 102 cm³/mol. The molecule has 1 saturated carbocycles. The van der Waals surface area contributed by atoms with Gasteiger partial charge in [0.25, 0.3) is 5.91 Å². The van der Waals surface area contributed by atoms with Crippen LogP contribution in [-0.2, 0) is 9.84 Å². The van der Waals surface area contributed by atoms with Crippen molar-refractivity contribution < 1.29 is 22.7 Å². The van der Waals surface area contributed by atoms with Gasteiger partial charge in [-0.3, -0.25) is 9.48 Å². The summed E-state index contributed by atoms with van der Waals surface area (Å²) in [5.41, 5.74) is 1.87. The van der Waals surface area contributed by atoms with Crippen LogP contribution < -0.4 is 14.8 Å². The van der Waals surface area contributed by atoms with Crippen molar-refractivity contribution in [1.82, 2.24) is 9.78 Å². The molecule has 28 heavy (non-hydrogen) atoms. The van der Waals surface area contributed by atoms with Crippen molar-refractivity contribution >= 4 is 21.4 Å². The zero-order chi connectivity index (χ0) is 19.3. The Morgan fingerprint density at radius 2 is 1.89 bits per heavy atom. The van der Waals surface area contributed by atoms with Crippen molar-refractivity contribution in [2.24, 2.45) is 0 Å². The maximum atomic E-state index is 12.8. The van der Waals surface area contributed by atoms with E-state index in [0.29, 0.717) is 48.4 Å². The quantitative estimate of drug-likeness (QED) is 0.840. The van der Waals surface area contributed by atoms with Gasteiger partial charge in [-0.15, -0.1) is 0 Å². The largest absolute Gasteiger partial charge is 0.486 e. The molecule has 1 aliphatic carbocycles. The summed E-state index contributed by atoms with van der Waals surface area (Å²) in [5, 5.41) is 7.33. The molecule has 3 heterocycles. The number of benzene rings is 1. The molecular formula is C19H21N3O5S. The monoisotopic (exact) mass is 403 g/mol. The average Bonchev–Trinajstić information content (AvgIpc) is 3.32. The minimum atomic E-state index is -3.02. The molecule has 2 fully saturated rings. The fraction of sp³-hybridized carbons (Fsp3) is 0.474. The average molecular weight is 403 g/mol. The Balaban J connectivity index is 1.39. The van der Waals surface area contributed by atoms with Crippen molar-refractivity contribution in [3.8, 4) is 11.5 Å². The summed E-state index contributed by atoms with van der Waals surface area (Å²) in [6.07, 6.45) is 2.65. The highest BCUT2D eigenvalue weighted by atomic mass is 32.2. The molecule has 1 saturated heterocycles. The molecule has 0 bridgehead atoms. The SMILES string of the molecule is O=C(Nc1ccc2c(c1)OCCO2)c1cc(C2CC2)n([C@@H]2CCS(=O)(=O)C2)n1. The van der Waals surface area contributed by atoms with Crippen LogP contribution in [0.25, 0.3) is 0 Å². The van der Waals surface area contributed by atoms with Crippen LogP contribution in [0.15, 0.2) is 24.3 Å². The topological polar surface area (TPSA) is 99.5 Å². The summed E-state index contributed by atoms with van der Waals surface area (Å²) >= 11 is 0. The van der Waals surface area contributed by atoms with Crippen molar-refractivity contribution in [3.05, 3.63) is 35.7 Å². The molecule has 2 aromatic rings. The van der Waals surface area contributed by atoms with Gasteiger partial charge in [0.2, 0.25) is 0 Å². The molecule has 3 aliphatic rings. The number of nitrogens with one attached hydrogen (secondary N) is 1. The zero-order valence-corrected chi connectivity index (χ0v) is 16.1. The highest BCUT2D eigenvalue weighted by Gasteiger charge is 2.36. The zero-order valence-electron chi connectivity index (χ0n) is 15.3. The molecule has 0 radical (unpaired) electrons. The van der Waals surface area contributed by atoms with Gasteiger partial charge in [0.15, 0.2) is 27.0 Å². The molecule has 8 nitrogen and oxygen atoms in total. The number of sulfone groups is 1. The summed E-state index contributed by atoms with van der Waals surface area (Å²) in [6.45, 7) is 0.987. The minimum absolute atomic E-state index is 0.0949. The molecule has 1 amide bonds. The molecule has 1 atom stereocenters. The number of hydrogen-bond donors (Lipinski definition) is 1. The third-order valence-electron chi connectivity index (χ3n) is 5.35. The summed E-state index contributed by atoms with van der Waals surface area (Å²) < 4.78 is 36.6. The molecule has 1 aromatic heterocycles. The first kappa shape index (κ1) is 17.5. The molecule has 9 heteroatoms. The summed E-state index contributed by atoms with van der Waals surface area (Å²) in [4.78, 5) is 12.8. The molecule has 0 spiro atoms. The van der Waals surface area contributed by atoms with Gasteiger partial charge in [0.1, 0.15) is 13.2 Å². The molecular weight excluding hydrogens is 382 g/mol. The highest BCUT2D eigenvalue weighted by Crippen LogP contribution is 2.42. The van der Waals surface area contributed by atoms with Gasteiger partial charge >= 0.3 is 0 Å². The fourth-order valence-corrected chi connectivity index (χ4v) is 5.47. The normalized spacial score (nSPS) is 22.8. The van der Waals surface area contributed by atoms with E-state index >= 15 is 0 Å². The Labute approximate surface area is 162 Å². The van der Waals surface area contributed by atoms with Crippen LogP contribution in [0.2, 0.25) is 0 Å². The van der Waals surface area contributed by atoms with E-state index in [1.165, 1.54) is 0 Å². The molecule has 1 aromatic carbocycles. The second-order valence-corrected chi connectivity index (χ2v) is 9.77. The maximum Gasteiger partial charge on any atom is 0.276 e. The Morgan fingerprint density at radius 1 is 1.11 bits per heavy atom. The van der Waals surface area contributed by atoms with Gasteiger partial charge in [0, 0.05) is 23.4 Å². The lowest BCUT2D eigenvalue weighted by atomic mass is 10.2. The lowest BCUT2D eigenvalue weighted by Gasteiger charge is -2.18. The number of carbonyl (C=O) groups excluding carboxylic acids is 1. The second-order valence-electron chi connectivity index (χ2n) is 7.54. The fourth-order valence-electron chi connectivity index (χ4n) is 3.78. The first-order valence-corrected chi connectivity index (χ1v) is 11.3. The summed E-state index contributed by atoms with van der Waals surface area (Å²) in [5.74, 6) is 1.58. The molecule has 1 N–H and O–H groups in total. The van der Waals surface area contributed by atoms with Gasteiger partial charge in [-0.2, -0.15) is 5.10 Å². The van der Waals surface area contributed by atoms with Crippen LogP contribution in [0.1, 0.15) is 47.4 Å². The highest BCUT2D eigenvalue weighted by molar-refractivity contribution is 7.91. The number of rotatable bonds is 4. The Morgan fingerprint density at radius 3 is 2.61 bits per heavy atom. The molecule has 0 unspecified atom stereocenters. The number of nitrogens with zero attached hydrogens (tertiary/aromatic N) is 2. The van der Waals surface area contributed by atoms with E-state index in [1.54, 1.807) is 28.9 Å². The molecule has 148 valence electrons. The number of fused-ring (bicyclic) bond motifs is 1. The van der Waals surface area contributed by atoms with Crippen LogP contribution in [0.3, 0.4) is 0 Å². The lowest BCUT2D eigenvalue weighted by molar-refractivity contribution is 0.102. The Kier molecular flexibility index (Phi) is 4.08. The number of ether oxygens (including phenoxy) is 2. The van der Waals surface area contributed by atoms with Gasteiger partial charge in [0.05, 0.1) is 17.5 Å². The summed E-state index contributed by atoms with van der Waals surface area (Å²) in [7, 11) is -3.02. The smallest absolute Gasteiger partial charge is 0.276 e. The standard InChI is InChI=1S/C19H21N3O5S/c23-19(20-13-3-4-17-18(9-13)27-7-6-26-17)15-10-16(12-1-2-12)22(21-15)14-5-8-28(24,25)11-14/h3-4,9-10,12,14H,1-2,5-8,11H2,(H,20,23)/t14-/m1/s1. The van der Waals surface area contributed by atoms with Crippen LogP contribution in [0.4, 0.5) is 5.69 Å². The van der Waals surface area contributed by atoms with Gasteiger partial charge in [-0.25, -0.2) is 8.42 Å². The number of anilines is 1. The van der Waals surface area contributed by atoms with Gasteiger partial charge in [-0.1, -0.05) is 0 Å². The summed E-state index contributed by atoms with van der Waals surface area (Å²) in [6, 6.07) is 6.87. The van der Waals surface area contributed by atoms with E-state index in [1.807, 2.05) is 0 Å². The van der Waals surface area contributed by atoms with E-state index in [9.17, 15) is 13.2 Å². The van der Waals surface area contributed by atoms with Crippen molar-refractivity contribution in [2.45, 2.75) is 31.2 Å². The third-order valence-corrected chi connectivity index (χ3v) is 7.10. The number of amides is 1. The van der Waals surface area contributed by atoms with E-state index in [4.69, 9.17) is 9.47 Å². The number of aromatic nitrogens is 2. The van der Waals surface area contributed by atoms with Crippen LogP contribution >= 0.6 is 0 Å². The Hall–Kier alpha value is -2.55. The lowest BCUT2D eigenvalue weighted by Crippen LogP contribution is -2.18. The van der Waals surface area contributed by atoms with Crippen LogP contribution in [0.5, 0.6) is 11.5 Å². The van der Waals surface area contributed by atoms with E-state index in [2.05, 4.69) is 10.4 Å². The molecule has 2 aliphatic heterocycles. The molecule has 5 rings (SSSR count). The number of hydrogen-bond acceptors (Lipinski definition) is 6. The Bertz CT molecular complexity index is 1040. The van der Waals surface area contributed by atoms with Crippen molar-refractivity contribution in [3.63, 3.8) is 0 Å². The predicted octanol–water partition coefficient (Wildman–Crippen LogP) is 2.14. The van der Waals surface area contributed by atoms with E-state index in [-0.39, 0.29) is 23.5 Å². The van der Waals surface area contributed by atoms with Gasteiger partial charge < -0.3 is 14.8 Å². The third kappa shape index (κ3) is 3.34. The van der Waals surface area contributed by atoms with E-state index in [0.717, 1.165) is 18.5 Å². The maximum absolute atomic E-state index is 12.8. The van der Waals surface area contributed by atoms with Crippen molar-refractivity contribution in [2.75, 3.05) is 30.0 Å². The minimum Gasteiger partial charge on any atom is -0.486 e. The van der Waals surface area contributed by atoms with Crippen LogP contribution in [-0.4, -0.2) is 48.8 Å².